The Morgan fingerprint density at radius 3 is 2.26 bits per heavy atom. The van der Waals surface area contributed by atoms with Crippen molar-refractivity contribution < 1.29 is 13.7 Å². The molecule has 1 aromatic heterocycles. The minimum absolute atomic E-state index is 0.136. The molecule has 0 unspecified atom stereocenters. The van der Waals surface area contributed by atoms with E-state index in [2.05, 4.69) is 10.1 Å². The van der Waals surface area contributed by atoms with Crippen LogP contribution in [0.4, 0.5) is 4.39 Å². The van der Waals surface area contributed by atoms with Crippen molar-refractivity contribution in [2.24, 2.45) is 5.73 Å². The van der Waals surface area contributed by atoms with Gasteiger partial charge in [0.1, 0.15) is 5.82 Å². The van der Waals surface area contributed by atoms with Crippen LogP contribution in [0.2, 0.25) is 0 Å². The van der Waals surface area contributed by atoms with E-state index >= 15 is 0 Å². The predicted molar refractivity (Wildman–Crippen MR) is 81.8 cm³/mol. The second kappa shape index (κ2) is 6.39. The number of nitrogens with two attached hydrogens (primary N) is 1. The van der Waals surface area contributed by atoms with Crippen LogP contribution in [0.3, 0.4) is 0 Å². The molecule has 1 radical (unpaired) electrons. The van der Waals surface area contributed by atoms with Crippen LogP contribution in [0.25, 0.3) is 11.1 Å². The van der Waals surface area contributed by atoms with Crippen molar-refractivity contribution in [2.45, 2.75) is 6.42 Å². The highest BCUT2D eigenvalue weighted by Gasteiger charge is 2.11. The van der Waals surface area contributed by atoms with Gasteiger partial charge in [-0.3, -0.25) is 4.79 Å². The lowest BCUT2D eigenvalue weighted by atomic mass is 10.0. The minimum atomic E-state index is -0.725. The SMILES string of the molecule is NC(=O)c1noc([CH]Cc2ccc(-c3ccc(F)cc3)cc2)n1. The number of amides is 1. The molecule has 0 aliphatic heterocycles. The first-order valence-electron chi connectivity index (χ1n) is 6.93. The predicted octanol–water partition coefficient (Wildman–Crippen LogP) is 2.77. The van der Waals surface area contributed by atoms with E-state index in [9.17, 15) is 9.18 Å². The van der Waals surface area contributed by atoms with Gasteiger partial charge in [-0.05, 0) is 35.2 Å². The van der Waals surface area contributed by atoms with Crippen LogP contribution in [-0.4, -0.2) is 16.0 Å². The molecule has 6 heteroatoms. The zero-order valence-corrected chi connectivity index (χ0v) is 12.1. The molecule has 0 aliphatic carbocycles. The molecule has 23 heavy (non-hydrogen) atoms. The third kappa shape index (κ3) is 3.60. The van der Waals surface area contributed by atoms with Gasteiger partial charge in [-0.2, -0.15) is 4.98 Å². The Kier molecular flexibility index (Phi) is 4.14. The molecule has 0 bridgehead atoms. The monoisotopic (exact) mass is 310 g/mol. The molecule has 5 nitrogen and oxygen atoms in total. The summed E-state index contributed by atoms with van der Waals surface area (Å²) in [5.41, 5.74) is 8.04. The third-order valence-corrected chi connectivity index (χ3v) is 3.31. The fourth-order valence-corrected chi connectivity index (χ4v) is 2.10. The van der Waals surface area contributed by atoms with Crippen LogP contribution in [-0.2, 0) is 6.42 Å². The number of halogens is 1. The van der Waals surface area contributed by atoms with Crippen LogP contribution in [0.5, 0.6) is 0 Å². The first kappa shape index (κ1) is 14.9. The standard InChI is InChI=1S/C17H13FN3O2/c18-14-8-6-13(7-9-14)12-4-1-11(2-5-12)3-10-15-20-17(16(19)22)21-23-15/h1-2,4-10H,3H2,(H2,19,22). The molecule has 0 aliphatic rings. The smallest absolute Gasteiger partial charge is 0.290 e. The van der Waals surface area contributed by atoms with Crippen molar-refractivity contribution >= 4 is 5.91 Å². The van der Waals surface area contributed by atoms with E-state index in [4.69, 9.17) is 10.3 Å². The molecular weight excluding hydrogens is 297 g/mol. The Morgan fingerprint density at radius 1 is 1.09 bits per heavy atom. The van der Waals surface area contributed by atoms with E-state index in [0.717, 1.165) is 16.7 Å². The zero-order chi connectivity index (χ0) is 16.2. The van der Waals surface area contributed by atoms with Gasteiger partial charge < -0.3 is 10.3 Å². The number of aromatic nitrogens is 2. The van der Waals surface area contributed by atoms with Crippen molar-refractivity contribution in [1.82, 2.24) is 10.1 Å². The van der Waals surface area contributed by atoms with Crippen LogP contribution < -0.4 is 5.73 Å². The molecule has 1 amide bonds. The van der Waals surface area contributed by atoms with Gasteiger partial charge in [0.05, 0.1) is 6.42 Å². The van der Waals surface area contributed by atoms with Crippen molar-refractivity contribution in [3.8, 4) is 11.1 Å². The van der Waals surface area contributed by atoms with Gasteiger partial charge in [-0.1, -0.05) is 41.6 Å². The second-order valence-corrected chi connectivity index (χ2v) is 4.93. The van der Waals surface area contributed by atoms with Crippen molar-refractivity contribution in [1.29, 1.82) is 0 Å². The minimum Gasteiger partial charge on any atom is -0.363 e. The van der Waals surface area contributed by atoms with Crippen molar-refractivity contribution in [3.05, 3.63) is 78.0 Å². The fraction of sp³-hybridized carbons (Fsp3) is 0.0588. The average Bonchev–Trinajstić information content (AvgIpc) is 3.04. The quantitative estimate of drug-likeness (QED) is 0.785. The number of hydrogen-bond donors (Lipinski definition) is 1. The van der Waals surface area contributed by atoms with Gasteiger partial charge in [-0.25, -0.2) is 4.39 Å². The molecule has 115 valence electrons. The average molecular weight is 310 g/mol. The maximum atomic E-state index is 12.9. The topological polar surface area (TPSA) is 82.0 Å². The lowest BCUT2D eigenvalue weighted by Gasteiger charge is -2.03. The number of nitrogens with zero attached hydrogens (tertiary/aromatic N) is 2. The van der Waals surface area contributed by atoms with E-state index in [1.807, 2.05) is 24.3 Å². The summed E-state index contributed by atoms with van der Waals surface area (Å²) in [7, 11) is 0. The highest BCUT2D eigenvalue weighted by Crippen LogP contribution is 2.20. The summed E-state index contributed by atoms with van der Waals surface area (Å²) >= 11 is 0. The molecule has 3 rings (SSSR count). The highest BCUT2D eigenvalue weighted by molar-refractivity contribution is 5.88. The molecule has 0 saturated carbocycles. The van der Waals surface area contributed by atoms with E-state index in [1.165, 1.54) is 12.1 Å². The van der Waals surface area contributed by atoms with Crippen LogP contribution >= 0.6 is 0 Å². The van der Waals surface area contributed by atoms with Gasteiger partial charge in [0.2, 0.25) is 5.89 Å². The number of hydrogen-bond acceptors (Lipinski definition) is 4. The van der Waals surface area contributed by atoms with E-state index in [-0.39, 0.29) is 17.5 Å². The summed E-state index contributed by atoms with van der Waals surface area (Å²) in [5, 5.41) is 3.47. The highest BCUT2D eigenvalue weighted by atomic mass is 19.1. The molecule has 0 fully saturated rings. The molecular formula is C17H13FN3O2. The normalized spacial score (nSPS) is 10.7. The summed E-state index contributed by atoms with van der Waals surface area (Å²) in [6, 6.07) is 14.2. The molecule has 1 heterocycles. The first-order chi connectivity index (χ1) is 11.1. The van der Waals surface area contributed by atoms with Gasteiger partial charge in [-0.15, -0.1) is 0 Å². The van der Waals surface area contributed by atoms with Crippen LogP contribution in [0.15, 0.2) is 53.1 Å². The van der Waals surface area contributed by atoms with Crippen LogP contribution in [0, 0.1) is 12.2 Å². The molecule has 2 N–H and O–H groups in total. The number of benzene rings is 2. The summed E-state index contributed by atoms with van der Waals surface area (Å²) < 4.78 is 17.8. The molecule has 0 spiro atoms. The maximum absolute atomic E-state index is 12.9. The Labute approximate surface area is 131 Å². The lowest BCUT2D eigenvalue weighted by Crippen LogP contribution is -2.12. The van der Waals surface area contributed by atoms with E-state index < -0.39 is 5.91 Å². The molecule has 0 atom stereocenters. The van der Waals surface area contributed by atoms with Gasteiger partial charge in [0.15, 0.2) is 0 Å². The van der Waals surface area contributed by atoms with Gasteiger partial charge in [0, 0.05) is 0 Å². The molecule has 0 saturated heterocycles. The Morgan fingerprint density at radius 2 is 1.70 bits per heavy atom. The lowest BCUT2D eigenvalue weighted by molar-refractivity contribution is 0.0987. The molecule has 3 aromatic rings. The Bertz CT molecular complexity index is 811. The largest absolute Gasteiger partial charge is 0.363 e. The Balaban J connectivity index is 1.65. The summed E-state index contributed by atoms with van der Waals surface area (Å²) in [5.74, 6) is -0.865. The number of rotatable bonds is 5. The van der Waals surface area contributed by atoms with E-state index in [1.54, 1.807) is 18.6 Å². The summed E-state index contributed by atoms with van der Waals surface area (Å²) in [4.78, 5) is 14.7. The van der Waals surface area contributed by atoms with Gasteiger partial charge in [0.25, 0.3) is 11.7 Å². The molecule has 2 aromatic carbocycles. The van der Waals surface area contributed by atoms with Gasteiger partial charge >= 0.3 is 0 Å². The van der Waals surface area contributed by atoms with Crippen molar-refractivity contribution in [2.75, 3.05) is 0 Å². The number of carbonyl (C=O) groups is 1. The third-order valence-electron chi connectivity index (χ3n) is 3.31. The van der Waals surface area contributed by atoms with Crippen molar-refractivity contribution in [3.63, 3.8) is 0 Å². The number of primary amides is 1. The second-order valence-electron chi connectivity index (χ2n) is 4.93. The Hall–Kier alpha value is -3.02. The zero-order valence-electron chi connectivity index (χ0n) is 12.1. The maximum Gasteiger partial charge on any atom is 0.290 e. The fourth-order valence-electron chi connectivity index (χ4n) is 2.10. The summed E-state index contributed by atoms with van der Waals surface area (Å²) in [6.07, 6.45) is 2.29. The van der Waals surface area contributed by atoms with E-state index in [0.29, 0.717) is 6.42 Å². The summed E-state index contributed by atoms with van der Waals surface area (Å²) in [6.45, 7) is 0. The van der Waals surface area contributed by atoms with Crippen LogP contribution in [0.1, 0.15) is 22.1 Å². The number of carbonyl (C=O) groups excluding carboxylic acids is 1. The first-order valence-corrected chi connectivity index (χ1v) is 6.93.